The van der Waals surface area contributed by atoms with Gasteiger partial charge in [0.2, 0.25) is 0 Å². The van der Waals surface area contributed by atoms with Gasteiger partial charge in [-0.1, -0.05) is 26.2 Å². The first kappa shape index (κ1) is 15.2. The number of hydrogen-bond donors (Lipinski definition) is 1. The number of nitrogens with one attached hydrogen (secondary N) is 1. The predicted octanol–water partition coefficient (Wildman–Crippen LogP) is 3.66. The van der Waals surface area contributed by atoms with Crippen molar-refractivity contribution in [2.75, 3.05) is 12.8 Å². The van der Waals surface area contributed by atoms with Crippen LogP contribution in [-0.4, -0.2) is 47.1 Å². The van der Waals surface area contributed by atoms with Gasteiger partial charge in [-0.15, -0.1) is 0 Å². The minimum atomic E-state index is 0.794. The lowest BCUT2D eigenvalue weighted by Crippen LogP contribution is -2.62. The van der Waals surface area contributed by atoms with E-state index in [-0.39, 0.29) is 0 Å². The summed E-state index contributed by atoms with van der Waals surface area (Å²) in [6.07, 6.45) is 15.4. The minimum absolute atomic E-state index is 0.794. The third-order valence-electron chi connectivity index (χ3n) is 5.88. The zero-order valence-corrected chi connectivity index (χ0v) is 14.1. The van der Waals surface area contributed by atoms with Crippen molar-refractivity contribution < 1.29 is 0 Å². The summed E-state index contributed by atoms with van der Waals surface area (Å²) in [6, 6.07) is 3.44. The van der Waals surface area contributed by atoms with Gasteiger partial charge >= 0.3 is 0 Å². The number of thioether (sulfide) groups is 1. The Hall–Kier alpha value is 0.270. The second-order valence-electron chi connectivity index (χ2n) is 7.04. The first-order valence-electron chi connectivity index (χ1n) is 8.87. The van der Waals surface area contributed by atoms with E-state index in [2.05, 4.69) is 35.2 Å². The summed E-state index contributed by atoms with van der Waals surface area (Å²) in [4.78, 5) is 3.01. The molecule has 2 aliphatic heterocycles. The molecule has 0 spiro atoms. The van der Waals surface area contributed by atoms with Crippen LogP contribution in [-0.2, 0) is 0 Å². The van der Waals surface area contributed by atoms with Crippen molar-refractivity contribution >= 4 is 11.8 Å². The molecule has 3 fully saturated rings. The van der Waals surface area contributed by atoms with Gasteiger partial charge in [0.05, 0.1) is 0 Å². The highest BCUT2D eigenvalue weighted by Gasteiger charge is 2.43. The molecule has 0 aromatic carbocycles. The standard InChI is InChI=1S/C17H32N2S/c1-3-18-13-11-14-7-6-8-15(12-13)19(14)16-9-4-5-10-17(16)20-2/h13-18H,3-12H2,1-2H3. The van der Waals surface area contributed by atoms with E-state index in [1.807, 2.05) is 0 Å². The van der Waals surface area contributed by atoms with E-state index in [1.54, 1.807) is 0 Å². The van der Waals surface area contributed by atoms with Crippen LogP contribution < -0.4 is 5.32 Å². The number of nitrogens with zero attached hydrogens (tertiary/aromatic N) is 1. The molecule has 1 N–H and O–H groups in total. The maximum absolute atomic E-state index is 3.73. The van der Waals surface area contributed by atoms with Crippen LogP contribution in [0.5, 0.6) is 0 Å². The summed E-state index contributed by atoms with van der Waals surface area (Å²) < 4.78 is 0. The molecule has 1 saturated carbocycles. The molecule has 116 valence electrons. The minimum Gasteiger partial charge on any atom is -0.314 e. The summed E-state index contributed by atoms with van der Waals surface area (Å²) >= 11 is 2.14. The van der Waals surface area contributed by atoms with Crippen molar-refractivity contribution in [1.29, 1.82) is 0 Å². The SMILES string of the molecule is CCNC1CC2CCCC(C1)N2C1CCCCC1SC. The van der Waals surface area contributed by atoms with Gasteiger partial charge in [0.1, 0.15) is 0 Å². The molecule has 2 nitrogen and oxygen atoms in total. The first-order chi connectivity index (χ1) is 9.83. The Kier molecular flexibility index (Phi) is 5.33. The van der Waals surface area contributed by atoms with Crippen molar-refractivity contribution in [2.24, 2.45) is 0 Å². The van der Waals surface area contributed by atoms with Crippen molar-refractivity contribution in [3.05, 3.63) is 0 Å². The number of piperidine rings is 2. The molecule has 0 aromatic rings. The second kappa shape index (κ2) is 7.02. The molecule has 3 heteroatoms. The normalized spacial score (nSPS) is 42.6. The van der Waals surface area contributed by atoms with Crippen LogP contribution in [0.25, 0.3) is 0 Å². The van der Waals surface area contributed by atoms with E-state index in [0.717, 1.165) is 36.0 Å². The molecule has 4 atom stereocenters. The number of fused-ring (bicyclic) bond motifs is 2. The Labute approximate surface area is 129 Å². The van der Waals surface area contributed by atoms with Gasteiger partial charge in [0, 0.05) is 29.4 Å². The summed E-state index contributed by atoms with van der Waals surface area (Å²) in [5, 5.41) is 4.63. The van der Waals surface area contributed by atoms with Crippen LogP contribution in [0, 0.1) is 0 Å². The molecule has 0 amide bonds. The molecule has 3 aliphatic rings. The number of rotatable bonds is 4. The average Bonchev–Trinajstić information content (AvgIpc) is 2.46. The lowest BCUT2D eigenvalue weighted by atomic mass is 9.78. The van der Waals surface area contributed by atoms with Gasteiger partial charge in [0.15, 0.2) is 0 Å². The Bertz CT molecular complexity index is 295. The van der Waals surface area contributed by atoms with E-state index < -0.39 is 0 Å². The lowest BCUT2D eigenvalue weighted by molar-refractivity contribution is -0.0195. The molecule has 2 heterocycles. The number of hydrogen-bond acceptors (Lipinski definition) is 3. The maximum Gasteiger partial charge on any atom is 0.0220 e. The van der Waals surface area contributed by atoms with Crippen LogP contribution in [0.4, 0.5) is 0 Å². The van der Waals surface area contributed by atoms with Crippen LogP contribution in [0.1, 0.15) is 64.7 Å². The van der Waals surface area contributed by atoms with E-state index >= 15 is 0 Å². The zero-order valence-electron chi connectivity index (χ0n) is 13.3. The van der Waals surface area contributed by atoms with Crippen LogP contribution in [0.15, 0.2) is 0 Å². The smallest absolute Gasteiger partial charge is 0.0220 e. The fourth-order valence-electron chi connectivity index (χ4n) is 5.11. The van der Waals surface area contributed by atoms with Crippen molar-refractivity contribution in [3.63, 3.8) is 0 Å². The molecule has 0 radical (unpaired) electrons. The monoisotopic (exact) mass is 296 g/mol. The first-order valence-corrected chi connectivity index (χ1v) is 10.2. The van der Waals surface area contributed by atoms with Crippen molar-refractivity contribution in [1.82, 2.24) is 10.2 Å². The molecule has 3 rings (SSSR count). The second-order valence-corrected chi connectivity index (χ2v) is 8.11. The molecule has 4 unspecified atom stereocenters. The highest BCUT2D eigenvalue weighted by molar-refractivity contribution is 7.99. The molecule has 20 heavy (non-hydrogen) atoms. The lowest BCUT2D eigenvalue weighted by Gasteiger charge is -2.54. The van der Waals surface area contributed by atoms with Gasteiger partial charge in [-0.2, -0.15) is 11.8 Å². The maximum atomic E-state index is 3.73. The van der Waals surface area contributed by atoms with Crippen molar-refractivity contribution in [3.8, 4) is 0 Å². The van der Waals surface area contributed by atoms with Gasteiger partial charge in [-0.25, -0.2) is 0 Å². The summed E-state index contributed by atoms with van der Waals surface area (Å²) in [5.74, 6) is 0. The highest BCUT2D eigenvalue weighted by Crippen LogP contribution is 2.41. The fraction of sp³-hybridized carbons (Fsp3) is 1.00. The van der Waals surface area contributed by atoms with Gasteiger partial charge < -0.3 is 5.32 Å². The van der Waals surface area contributed by atoms with Crippen LogP contribution in [0.2, 0.25) is 0 Å². The van der Waals surface area contributed by atoms with Crippen LogP contribution >= 0.6 is 11.8 Å². The third kappa shape index (κ3) is 3.05. The van der Waals surface area contributed by atoms with Crippen LogP contribution in [0.3, 0.4) is 0 Å². The third-order valence-corrected chi connectivity index (χ3v) is 7.03. The van der Waals surface area contributed by atoms with Gasteiger partial charge in [-0.05, 0) is 51.3 Å². The topological polar surface area (TPSA) is 15.3 Å². The highest BCUT2D eigenvalue weighted by atomic mass is 32.2. The van der Waals surface area contributed by atoms with Crippen molar-refractivity contribution in [2.45, 2.75) is 94.1 Å². The largest absolute Gasteiger partial charge is 0.314 e. The molecular weight excluding hydrogens is 264 g/mol. The van der Waals surface area contributed by atoms with E-state index in [0.29, 0.717) is 0 Å². The van der Waals surface area contributed by atoms with Gasteiger partial charge in [-0.3, -0.25) is 4.90 Å². The molecule has 0 aromatic heterocycles. The van der Waals surface area contributed by atoms with Gasteiger partial charge in [0.25, 0.3) is 0 Å². The summed E-state index contributed by atoms with van der Waals surface area (Å²) in [6.45, 7) is 3.40. The molecule has 2 saturated heterocycles. The summed E-state index contributed by atoms with van der Waals surface area (Å²) in [7, 11) is 0. The Morgan fingerprint density at radius 1 is 1.00 bits per heavy atom. The molecule has 1 aliphatic carbocycles. The van der Waals surface area contributed by atoms with E-state index in [1.165, 1.54) is 57.8 Å². The Morgan fingerprint density at radius 2 is 1.70 bits per heavy atom. The fourth-order valence-corrected chi connectivity index (χ4v) is 6.10. The molecule has 2 bridgehead atoms. The van der Waals surface area contributed by atoms with E-state index in [9.17, 15) is 0 Å². The Balaban J connectivity index is 1.72. The quantitative estimate of drug-likeness (QED) is 0.852. The molecular formula is C17H32N2S. The predicted molar refractivity (Wildman–Crippen MR) is 89.5 cm³/mol. The summed E-state index contributed by atoms with van der Waals surface area (Å²) in [5.41, 5.74) is 0. The Morgan fingerprint density at radius 3 is 2.35 bits per heavy atom. The zero-order chi connectivity index (χ0) is 13.9. The average molecular weight is 297 g/mol. The van der Waals surface area contributed by atoms with E-state index in [4.69, 9.17) is 0 Å².